The lowest BCUT2D eigenvalue weighted by Crippen LogP contribution is -2.15. The van der Waals surface area contributed by atoms with Crippen LogP contribution in [0.25, 0.3) is 0 Å². The third-order valence-electron chi connectivity index (χ3n) is 4.03. The lowest BCUT2D eigenvalue weighted by molar-refractivity contribution is 0.102. The fourth-order valence-corrected chi connectivity index (χ4v) is 2.50. The van der Waals surface area contributed by atoms with E-state index in [1.807, 2.05) is 0 Å². The molecule has 0 spiro atoms. The molecule has 0 aliphatic carbocycles. The average molecular weight is 405 g/mol. The average Bonchev–Trinajstić information content (AvgIpc) is 2.75. The molecule has 3 aromatic rings. The van der Waals surface area contributed by atoms with Crippen LogP contribution < -0.4 is 21.7 Å². The number of carbonyl (C=O) groups is 1. The molecule has 0 aliphatic rings. The number of rotatable bonds is 7. The van der Waals surface area contributed by atoms with E-state index in [1.54, 1.807) is 31.3 Å². The second kappa shape index (κ2) is 9.84. The van der Waals surface area contributed by atoms with Crippen LogP contribution in [-0.2, 0) is 6.54 Å². The summed E-state index contributed by atoms with van der Waals surface area (Å²) in [6, 6.07) is 7.77. The molecule has 0 bridgehead atoms. The number of nitrogen functional groups attached to an aromatic ring is 1. The minimum Gasteiger partial charge on any atom is -0.382 e. The highest BCUT2D eigenvalue weighted by Crippen LogP contribution is 2.19. The predicted octanol–water partition coefficient (Wildman–Crippen LogP) is 2.89. The molecular formula is C21H20FN7O. The van der Waals surface area contributed by atoms with E-state index < -0.39 is 11.7 Å². The third-order valence-corrected chi connectivity index (χ3v) is 4.03. The Balaban J connectivity index is 1.64. The molecule has 30 heavy (non-hydrogen) atoms. The molecule has 8 nitrogen and oxygen atoms in total. The molecule has 0 aliphatic heterocycles. The van der Waals surface area contributed by atoms with Gasteiger partial charge in [-0.1, -0.05) is 5.92 Å². The second-order valence-corrected chi connectivity index (χ2v) is 6.12. The summed E-state index contributed by atoms with van der Waals surface area (Å²) in [5.41, 5.74) is 7.30. The maximum atomic E-state index is 14.2. The van der Waals surface area contributed by atoms with Gasteiger partial charge < -0.3 is 21.7 Å². The largest absolute Gasteiger partial charge is 0.382 e. The van der Waals surface area contributed by atoms with E-state index in [0.29, 0.717) is 35.1 Å². The van der Waals surface area contributed by atoms with Gasteiger partial charge >= 0.3 is 0 Å². The number of nitrogens with two attached hydrogens (primary N) is 1. The number of nitrogens with zero attached hydrogens (tertiary/aromatic N) is 3. The molecule has 0 radical (unpaired) electrons. The highest BCUT2D eigenvalue weighted by molar-refractivity contribution is 6.02. The van der Waals surface area contributed by atoms with E-state index in [4.69, 9.17) is 5.73 Å². The van der Waals surface area contributed by atoms with E-state index in [2.05, 4.69) is 42.7 Å². The summed E-state index contributed by atoms with van der Waals surface area (Å²) < 4.78 is 14.2. The van der Waals surface area contributed by atoms with Crippen molar-refractivity contribution >= 4 is 28.9 Å². The first kappa shape index (κ1) is 20.5. The molecule has 3 rings (SSSR count). The van der Waals surface area contributed by atoms with Gasteiger partial charge in [-0.15, -0.1) is 5.92 Å². The van der Waals surface area contributed by atoms with Crippen LogP contribution in [0.3, 0.4) is 0 Å². The van der Waals surface area contributed by atoms with Crippen LogP contribution in [0.15, 0.2) is 48.9 Å². The highest BCUT2D eigenvalue weighted by atomic mass is 19.1. The van der Waals surface area contributed by atoms with E-state index in [0.717, 1.165) is 0 Å². The van der Waals surface area contributed by atoms with Gasteiger partial charge in [-0.05, 0) is 37.3 Å². The van der Waals surface area contributed by atoms with Gasteiger partial charge in [0.2, 0.25) is 0 Å². The topological polar surface area (TPSA) is 118 Å². The number of halogens is 1. The van der Waals surface area contributed by atoms with E-state index >= 15 is 0 Å². The van der Waals surface area contributed by atoms with Gasteiger partial charge in [0.25, 0.3) is 5.91 Å². The molecular weight excluding hydrogens is 385 g/mol. The minimum atomic E-state index is -0.454. The number of hydrogen-bond acceptors (Lipinski definition) is 7. The maximum Gasteiger partial charge on any atom is 0.275 e. The zero-order chi connectivity index (χ0) is 21.3. The van der Waals surface area contributed by atoms with Crippen LogP contribution >= 0.6 is 0 Å². The lowest BCUT2D eigenvalue weighted by atomic mass is 10.1. The molecule has 1 aromatic carbocycles. The fourth-order valence-electron chi connectivity index (χ4n) is 2.50. The van der Waals surface area contributed by atoms with Gasteiger partial charge in [0.05, 0.1) is 24.6 Å². The molecule has 0 unspecified atom stereocenters. The number of amides is 1. The number of nitrogens with one attached hydrogen (secondary N) is 3. The number of anilines is 4. The van der Waals surface area contributed by atoms with Crippen molar-refractivity contribution in [3.63, 3.8) is 0 Å². The Hall–Kier alpha value is -4.19. The molecule has 5 N–H and O–H groups in total. The smallest absolute Gasteiger partial charge is 0.275 e. The zero-order valence-electron chi connectivity index (χ0n) is 16.2. The first-order chi connectivity index (χ1) is 14.6. The molecule has 152 valence electrons. The number of pyridine rings is 1. The lowest BCUT2D eigenvalue weighted by Gasteiger charge is -2.11. The fraction of sp³-hybridized carbons (Fsp3) is 0.143. The molecule has 2 aromatic heterocycles. The minimum absolute atomic E-state index is 0.134. The van der Waals surface area contributed by atoms with Crippen molar-refractivity contribution in [2.75, 3.05) is 28.2 Å². The van der Waals surface area contributed by atoms with E-state index in [9.17, 15) is 9.18 Å². The van der Waals surface area contributed by atoms with Crippen molar-refractivity contribution in [2.45, 2.75) is 13.5 Å². The van der Waals surface area contributed by atoms with Crippen molar-refractivity contribution in [1.29, 1.82) is 0 Å². The molecule has 0 fully saturated rings. The Morgan fingerprint density at radius 1 is 1.17 bits per heavy atom. The molecule has 2 heterocycles. The molecule has 9 heteroatoms. The summed E-state index contributed by atoms with van der Waals surface area (Å²) in [6.07, 6.45) is 4.38. The Bertz CT molecular complexity index is 1090. The van der Waals surface area contributed by atoms with Crippen LogP contribution in [-0.4, -0.2) is 27.4 Å². The van der Waals surface area contributed by atoms with Crippen LogP contribution in [0.2, 0.25) is 0 Å². The molecule has 0 saturated carbocycles. The van der Waals surface area contributed by atoms with Crippen molar-refractivity contribution in [2.24, 2.45) is 0 Å². The standard InChI is InChI=1S/C21H20FN7O/c1-2-3-8-24-19-13-27-18(12-28-19)21(30)29-15-6-7-16(22)14(10-15)11-26-17-5-4-9-25-20(17)23/h4-7,9-10,12-13,26H,8,11H2,1H3,(H2,23,25)(H,24,28)(H,29,30). The molecule has 0 saturated heterocycles. The predicted molar refractivity (Wildman–Crippen MR) is 114 cm³/mol. The van der Waals surface area contributed by atoms with Crippen LogP contribution in [0.5, 0.6) is 0 Å². The van der Waals surface area contributed by atoms with Crippen LogP contribution in [0.4, 0.5) is 27.4 Å². The number of benzene rings is 1. The summed E-state index contributed by atoms with van der Waals surface area (Å²) >= 11 is 0. The summed E-state index contributed by atoms with van der Waals surface area (Å²) in [6.45, 7) is 2.35. The monoisotopic (exact) mass is 405 g/mol. The van der Waals surface area contributed by atoms with Crippen LogP contribution in [0, 0.1) is 17.7 Å². The quantitative estimate of drug-likeness (QED) is 0.446. The van der Waals surface area contributed by atoms with E-state index in [1.165, 1.54) is 24.5 Å². The van der Waals surface area contributed by atoms with Gasteiger partial charge in [0.1, 0.15) is 23.1 Å². The van der Waals surface area contributed by atoms with E-state index in [-0.39, 0.29) is 12.2 Å². The Morgan fingerprint density at radius 2 is 2.03 bits per heavy atom. The van der Waals surface area contributed by atoms with Gasteiger partial charge in [0.15, 0.2) is 0 Å². The van der Waals surface area contributed by atoms with Crippen LogP contribution in [0.1, 0.15) is 23.0 Å². The van der Waals surface area contributed by atoms with Gasteiger partial charge in [-0.25, -0.2) is 19.3 Å². The van der Waals surface area contributed by atoms with Crippen molar-refractivity contribution in [1.82, 2.24) is 15.0 Å². The van der Waals surface area contributed by atoms with Crippen molar-refractivity contribution < 1.29 is 9.18 Å². The second-order valence-electron chi connectivity index (χ2n) is 6.12. The van der Waals surface area contributed by atoms with Gasteiger partial charge in [-0.2, -0.15) is 0 Å². The first-order valence-electron chi connectivity index (χ1n) is 9.06. The summed E-state index contributed by atoms with van der Waals surface area (Å²) in [4.78, 5) is 24.6. The summed E-state index contributed by atoms with van der Waals surface area (Å²) in [5.74, 6) is 5.57. The number of aromatic nitrogens is 3. The summed E-state index contributed by atoms with van der Waals surface area (Å²) in [5, 5.41) is 8.69. The Labute approximate surface area is 173 Å². The Morgan fingerprint density at radius 3 is 2.77 bits per heavy atom. The SMILES string of the molecule is CC#CCNc1cnc(C(=O)Nc2ccc(F)c(CNc3cccnc3N)c2)cn1. The molecule has 0 atom stereocenters. The number of hydrogen-bond donors (Lipinski definition) is 4. The third kappa shape index (κ3) is 5.42. The highest BCUT2D eigenvalue weighted by Gasteiger charge is 2.11. The number of carbonyl (C=O) groups excluding carboxylic acids is 1. The maximum absolute atomic E-state index is 14.2. The first-order valence-corrected chi connectivity index (χ1v) is 9.06. The zero-order valence-corrected chi connectivity index (χ0v) is 16.2. The van der Waals surface area contributed by atoms with Gasteiger partial charge in [-0.3, -0.25) is 4.79 Å². The van der Waals surface area contributed by atoms with Gasteiger partial charge in [0, 0.05) is 24.0 Å². The Kier molecular flexibility index (Phi) is 6.74. The van der Waals surface area contributed by atoms with Crippen molar-refractivity contribution in [3.8, 4) is 11.8 Å². The van der Waals surface area contributed by atoms with Crippen molar-refractivity contribution in [3.05, 3.63) is 66.0 Å². The molecule has 1 amide bonds. The summed E-state index contributed by atoms with van der Waals surface area (Å²) in [7, 11) is 0. The normalized spacial score (nSPS) is 9.93.